The van der Waals surface area contributed by atoms with Gasteiger partial charge in [0, 0.05) is 84.6 Å². The summed E-state index contributed by atoms with van der Waals surface area (Å²) >= 11 is 0. The van der Waals surface area contributed by atoms with Crippen molar-refractivity contribution in [1.82, 2.24) is 0 Å². The number of hydrogen-bond donors (Lipinski definition) is 0. The minimum absolute atomic E-state index is 0.111. The Morgan fingerprint density at radius 1 is 0.187 bits per heavy atom. The van der Waals surface area contributed by atoms with Crippen LogP contribution >= 0.6 is 0 Å². The van der Waals surface area contributed by atoms with Gasteiger partial charge in [-0.15, -0.1) is 0 Å². The van der Waals surface area contributed by atoms with Gasteiger partial charge in [0.05, 0.1) is 0 Å². The van der Waals surface area contributed by atoms with Crippen molar-refractivity contribution in [2.24, 2.45) is 0 Å². The topological polar surface area (TPSA) is 385 Å². The zero-order valence-corrected chi connectivity index (χ0v) is 84.1. The maximum Gasteiger partial charge on any atom is 0.338 e. The predicted molar refractivity (Wildman–Crippen MR) is 570 cm³/mol. The molecule has 0 heterocycles. The van der Waals surface area contributed by atoms with Gasteiger partial charge in [0.1, 0.15) is 110 Å². The fourth-order valence-electron chi connectivity index (χ4n) is 10.9. The van der Waals surface area contributed by atoms with E-state index in [4.69, 9.17) is 66.3 Å². The van der Waals surface area contributed by atoms with E-state index in [1.54, 1.807) is 304 Å². The molecule has 0 aliphatic rings. The lowest BCUT2D eigenvalue weighted by Crippen LogP contribution is -2.12. The molecule has 10 aromatic carbocycles. The van der Waals surface area contributed by atoms with Crippen LogP contribution in [-0.4, -0.2) is 141 Å². The van der Waals surface area contributed by atoms with Crippen molar-refractivity contribution >= 4 is 119 Å². The maximum absolute atomic E-state index is 12.4. The van der Waals surface area contributed by atoms with Crippen LogP contribution in [0.5, 0.6) is 57.5 Å². The van der Waals surface area contributed by atoms with Gasteiger partial charge in [-0.25, -0.2) is 47.9 Å². The molecule has 0 amide bonds. The van der Waals surface area contributed by atoms with Crippen molar-refractivity contribution in [2.75, 3.05) is 52.9 Å². The number of esters is 10. The standard InChI is InChI=1S/C27H28O7.2C25H24O6.C23H20O5.C21H16O5/c1-19(2)26(29)33-17-15-31-23-10-5-21(6-11-23)7-14-25(28)22-8-12-24(13-9-22)32-16-18-34-27(30)20(3)4;1-17(2)24(27)30-16-15-29-21-12-8-20(9-13-21)23(26)14-7-19-5-10-22(11-6-19)31-25(28)18(3)4;1-17(2)24(27)30-16-15-29-21-10-5-19(6-11-21)7-14-23(26)20-8-12-22(13-9-20)31-25(28)18(3)4;1-15(2)22(25)27-19-10-5-17(6-11-19)7-14-21(24)18-8-12-20(13-9-18)28-23(26)16(3)4;1-3-20(23)25-17-10-5-15(6-11-17)7-14-19(22)16-8-12-18(13-9-16)26-21(24)4-2/h5-14H,1,3,15-18H2,2,4H3;2*5-14H,1,3,15-16H2,2,4H3;5-14H,1,3H2,2,4H3;3-14H,1-2H2/b5*14-7+. The quantitative estimate of drug-likeness (QED) is 0.00853. The van der Waals surface area contributed by atoms with E-state index in [0.29, 0.717) is 130 Å². The van der Waals surface area contributed by atoms with Gasteiger partial charge in [0.15, 0.2) is 28.9 Å². The van der Waals surface area contributed by atoms with Crippen molar-refractivity contribution in [2.45, 2.75) is 55.4 Å². The number of carbonyl (C=O) groups is 15. The van der Waals surface area contributed by atoms with Crippen LogP contribution in [0.1, 0.15) is 135 Å². The summed E-state index contributed by atoms with van der Waals surface area (Å²) in [5.74, 6) is -1.23. The molecule has 770 valence electrons. The second-order valence-electron chi connectivity index (χ2n) is 31.9. The van der Waals surface area contributed by atoms with Crippen LogP contribution in [-0.2, 0) is 66.9 Å². The van der Waals surface area contributed by atoms with E-state index >= 15 is 0 Å². The number of benzene rings is 10. The number of rotatable bonds is 47. The average Bonchev–Trinajstić information content (AvgIpc) is 0.899. The molecule has 0 unspecified atom stereocenters. The lowest BCUT2D eigenvalue weighted by Gasteiger charge is -2.08. The van der Waals surface area contributed by atoms with Gasteiger partial charge >= 0.3 is 59.7 Å². The van der Waals surface area contributed by atoms with E-state index in [2.05, 4.69) is 65.8 Å². The minimum Gasteiger partial charge on any atom is -0.490 e. The van der Waals surface area contributed by atoms with Crippen molar-refractivity contribution in [3.63, 3.8) is 0 Å². The van der Waals surface area contributed by atoms with Crippen molar-refractivity contribution < 1.29 is 138 Å². The van der Waals surface area contributed by atoms with Crippen molar-refractivity contribution in [1.29, 1.82) is 0 Å². The molecule has 150 heavy (non-hydrogen) atoms. The van der Waals surface area contributed by atoms with Crippen molar-refractivity contribution in [3.05, 3.63) is 451 Å². The molecular formula is C121H112O29. The monoisotopic (exact) mass is 2030 g/mol. The summed E-state index contributed by atoms with van der Waals surface area (Å²) in [4.78, 5) is 175. The number of allylic oxidation sites excluding steroid dienone is 5. The fraction of sp³-hybridized carbons (Fsp3) is 0.132. The van der Waals surface area contributed by atoms with Gasteiger partial charge in [-0.3, -0.25) is 24.0 Å². The highest BCUT2D eigenvalue weighted by Crippen LogP contribution is 2.25. The first-order valence-electron chi connectivity index (χ1n) is 45.7. The number of ketones is 5. The van der Waals surface area contributed by atoms with Crippen LogP contribution in [0.2, 0.25) is 0 Å². The van der Waals surface area contributed by atoms with Gasteiger partial charge in [0.2, 0.25) is 0 Å². The molecule has 0 aliphatic carbocycles. The second-order valence-corrected chi connectivity index (χ2v) is 31.9. The average molecular weight is 2030 g/mol. The lowest BCUT2D eigenvalue weighted by atomic mass is 10.1. The van der Waals surface area contributed by atoms with Crippen LogP contribution in [0.4, 0.5) is 0 Å². The first kappa shape index (κ1) is 119. The largest absolute Gasteiger partial charge is 0.490 e. The maximum atomic E-state index is 12.4. The van der Waals surface area contributed by atoms with E-state index in [9.17, 15) is 71.9 Å². The Labute approximate surface area is 869 Å². The lowest BCUT2D eigenvalue weighted by molar-refractivity contribution is -0.140. The first-order chi connectivity index (χ1) is 71.5. The summed E-state index contributed by atoms with van der Waals surface area (Å²) in [5.41, 5.74) is 8.95. The molecule has 0 saturated heterocycles. The second kappa shape index (κ2) is 63.5. The summed E-state index contributed by atoms with van der Waals surface area (Å²) in [6.45, 7) is 48.7. The zero-order valence-electron chi connectivity index (χ0n) is 84.1. The molecule has 0 atom stereocenters. The molecule has 0 bridgehead atoms. The zero-order chi connectivity index (χ0) is 110. The summed E-state index contributed by atoms with van der Waals surface area (Å²) in [6.07, 6.45) is 17.8. The van der Waals surface area contributed by atoms with Gasteiger partial charge in [-0.2, -0.15) is 0 Å². The Morgan fingerprint density at radius 2 is 0.327 bits per heavy atom. The summed E-state index contributed by atoms with van der Waals surface area (Å²) in [6, 6.07) is 66.5. The SMILES string of the molecule is C=C(C)C(=O)OCCOc1ccc(/C=C/C(=O)c2ccc(OC(=O)C(=C)C)cc2)cc1.C=C(C)C(=O)OCCOc1ccc(/C=C/C(=O)c2ccc(OCCOC(=O)C(=C)C)cc2)cc1.C=C(C)C(=O)OCCOc1ccc(C(=O)/C=C/c2ccc(OC(=O)C(=C)C)cc2)cc1.C=C(C)C(=O)Oc1ccc(/C=C/C(=O)c2ccc(OC(=O)C(=C)C)cc2)cc1.C=CC(=O)Oc1ccc(/C=C/C(=O)c2ccc(OC(=O)C=C)cc2)cc1. The Kier molecular flexibility index (Phi) is 50.5. The van der Waals surface area contributed by atoms with Crippen LogP contribution in [0.25, 0.3) is 30.4 Å². The highest BCUT2D eigenvalue weighted by atomic mass is 16.6. The summed E-state index contributed by atoms with van der Waals surface area (Å²) in [5, 5.41) is 0. The smallest absolute Gasteiger partial charge is 0.338 e. The number of carbonyl (C=O) groups excluding carboxylic acids is 15. The number of ether oxygens (including phenoxy) is 14. The summed E-state index contributed by atoms with van der Waals surface area (Å²) < 4.78 is 72.1. The van der Waals surface area contributed by atoms with E-state index in [1.807, 2.05) is 12.1 Å². The molecule has 29 heteroatoms. The summed E-state index contributed by atoms with van der Waals surface area (Å²) in [7, 11) is 0. The molecule has 0 aliphatic heterocycles. The molecular weight excluding hydrogens is 1920 g/mol. The van der Waals surface area contributed by atoms with E-state index < -0.39 is 59.7 Å². The third kappa shape index (κ3) is 45.9. The van der Waals surface area contributed by atoms with Gasteiger partial charge in [-0.05, 0) is 296 Å². The third-order valence-electron chi connectivity index (χ3n) is 19.0. The van der Waals surface area contributed by atoms with E-state index in [-0.39, 0.29) is 81.8 Å². The molecule has 0 fully saturated rings. The van der Waals surface area contributed by atoms with Crippen LogP contribution in [0, 0.1) is 0 Å². The Balaban J connectivity index is 0.000000287. The van der Waals surface area contributed by atoms with Crippen LogP contribution in [0.15, 0.2) is 396 Å². The van der Waals surface area contributed by atoms with E-state index in [0.717, 1.165) is 40.0 Å². The predicted octanol–water partition coefficient (Wildman–Crippen LogP) is 22.0. The third-order valence-corrected chi connectivity index (χ3v) is 19.0. The van der Waals surface area contributed by atoms with Gasteiger partial charge in [-0.1, -0.05) is 157 Å². The molecule has 0 saturated carbocycles. The van der Waals surface area contributed by atoms with Gasteiger partial charge < -0.3 is 66.3 Å². The molecule has 10 aromatic rings. The molecule has 29 nitrogen and oxygen atoms in total. The fourth-order valence-corrected chi connectivity index (χ4v) is 10.9. The molecule has 10 rings (SSSR count). The molecule has 0 radical (unpaired) electrons. The Hall–Kier alpha value is -19.5. The van der Waals surface area contributed by atoms with Crippen LogP contribution < -0.4 is 47.4 Å². The highest BCUT2D eigenvalue weighted by Gasteiger charge is 2.16. The highest BCUT2D eigenvalue weighted by molar-refractivity contribution is 6.10. The molecule has 0 N–H and O–H groups in total. The first-order valence-corrected chi connectivity index (χ1v) is 45.7. The molecule has 0 spiro atoms. The van der Waals surface area contributed by atoms with E-state index in [1.165, 1.54) is 42.5 Å². The number of hydrogen-bond acceptors (Lipinski definition) is 29. The minimum atomic E-state index is -0.564. The Morgan fingerprint density at radius 3 is 0.480 bits per heavy atom. The molecule has 0 aromatic heterocycles. The Bertz CT molecular complexity index is 6740. The van der Waals surface area contributed by atoms with Gasteiger partial charge in [0.25, 0.3) is 0 Å². The normalized spacial score (nSPS) is 10.3. The van der Waals surface area contributed by atoms with Crippen LogP contribution in [0.3, 0.4) is 0 Å². The van der Waals surface area contributed by atoms with Crippen molar-refractivity contribution in [3.8, 4) is 57.5 Å².